The molecule has 0 saturated carbocycles. The maximum Gasteiger partial charge on any atom is 0.343 e. The lowest BCUT2D eigenvalue weighted by atomic mass is 10.0. The molecule has 1 unspecified atom stereocenters. The lowest BCUT2D eigenvalue weighted by Crippen LogP contribution is -2.13. The van der Waals surface area contributed by atoms with Gasteiger partial charge in [-0.05, 0) is 97.5 Å². The number of carbonyl (C=O) groups is 3. The lowest BCUT2D eigenvalue weighted by Gasteiger charge is -2.13. The Kier molecular flexibility index (Phi) is 16.6. The number of hydrogen-bond donors (Lipinski definition) is 0. The number of carbonyl (C=O) groups excluding carboxylic acids is 3. The van der Waals surface area contributed by atoms with Gasteiger partial charge < -0.3 is 18.9 Å². The van der Waals surface area contributed by atoms with E-state index in [1.54, 1.807) is 60.7 Å². The van der Waals surface area contributed by atoms with E-state index in [0.717, 1.165) is 31.4 Å². The molecule has 0 aromatic heterocycles. The summed E-state index contributed by atoms with van der Waals surface area (Å²) in [4.78, 5) is 37.7. The predicted octanol–water partition coefficient (Wildman–Crippen LogP) is 10.3. The van der Waals surface area contributed by atoms with Gasteiger partial charge in [0.05, 0.1) is 29.9 Å². The highest BCUT2D eigenvalue weighted by Crippen LogP contribution is 2.20. The molecule has 0 aliphatic heterocycles. The van der Waals surface area contributed by atoms with Crippen LogP contribution in [-0.2, 0) is 4.74 Å². The molecule has 0 bridgehead atoms. The number of benzene rings is 3. The number of unbranched alkanes of at least 4 members (excludes halogenated alkanes) is 7. The van der Waals surface area contributed by atoms with E-state index in [1.807, 2.05) is 0 Å². The fourth-order valence-corrected chi connectivity index (χ4v) is 5.02. The Balaban J connectivity index is 1.38. The van der Waals surface area contributed by atoms with E-state index in [2.05, 4.69) is 27.7 Å². The molecule has 0 N–H and O–H groups in total. The standard InChI is InChI=1S/C40H52O7/c1-5-6-7-8-9-10-11-12-28-44-35-22-16-33(17-23-35)39(42)47-37-26-20-34(21-27-37)40(43)46-36-24-18-32(19-25-36)38(41)45-29-31(4)15-13-14-30(2)3/h16-27,30-31H,5-15,28-29H2,1-4H3. The van der Waals surface area contributed by atoms with Gasteiger partial charge in [-0.15, -0.1) is 0 Å². The Morgan fingerprint density at radius 3 is 1.47 bits per heavy atom. The van der Waals surface area contributed by atoms with Gasteiger partial charge in [-0.25, -0.2) is 14.4 Å². The molecule has 0 saturated heterocycles. The van der Waals surface area contributed by atoms with Crippen molar-refractivity contribution in [3.8, 4) is 17.2 Å². The number of rotatable bonds is 21. The minimum Gasteiger partial charge on any atom is -0.494 e. The number of esters is 3. The van der Waals surface area contributed by atoms with Crippen LogP contribution in [0.4, 0.5) is 0 Å². The van der Waals surface area contributed by atoms with E-state index < -0.39 is 17.9 Å². The van der Waals surface area contributed by atoms with Gasteiger partial charge in [0.2, 0.25) is 0 Å². The van der Waals surface area contributed by atoms with E-state index in [-0.39, 0.29) is 5.56 Å². The zero-order valence-corrected chi connectivity index (χ0v) is 28.6. The molecular formula is C40H52O7. The molecule has 0 aliphatic rings. The molecule has 7 nitrogen and oxygen atoms in total. The minimum atomic E-state index is -0.573. The average Bonchev–Trinajstić information content (AvgIpc) is 3.07. The minimum absolute atomic E-state index is 0.290. The summed E-state index contributed by atoms with van der Waals surface area (Å²) in [5.41, 5.74) is 1.08. The summed E-state index contributed by atoms with van der Waals surface area (Å²) in [6, 6.07) is 19.3. The molecule has 1 atom stereocenters. The molecule has 47 heavy (non-hydrogen) atoms. The van der Waals surface area contributed by atoms with Crippen molar-refractivity contribution in [2.45, 2.75) is 98.3 Å². The summed E-state index contributed by atoms with van der Waals surface area (Å²) < 4.78 is 22.2. The summed E-state index contributed by atoms with van der Waals surface area (Å²) in [5, 5.41) is 0. The SMILES string of the molecule is CCCCCCCCCCOc1ccc(C(=O)Oc2ccc(C(=O)Oc3ccc(C(=O)OCC(C)CCCC(C)C)cc3)cc2)cc1. The van der Waals surface area contributed by atoms with Crippen molar-refractivity contribution in [2.24, 2.45) is 11.8 Å². The van der Waals surface area contributed by atoms with Gasteiger partial charge >= 0.3 is 17.9 Å². The van der Waals surface area contributed by atoms with Gasteiger partial charge in [0.1, 0.15) is 17.2 Å². The monoisotopic (exact) mass is 644 g/mol. The fraction of sp³-hybridized carbons (Fsp3) is 0.475. The van der Waals surface area contributed by atoms with E-state index in [4.69, 9.17) is 18.9 Å². The Morgan fingerprint density at radius 2 is 0.979 bits per heavy atom. The van der Waals surface area contributed by atoms with Gasteiger partial charge in [-0.1, -0.05) is 85.5 Å². The Bertz CT molecular complexity index is 1340. The van der Waals surface area contributed by atoms with Crippen LogP contribution in [-0.4, -0.2) is 31.1 Å². The first-order valence-electron chi connectivity index (χ1n) is 17.3. The second-order valence-electron chi connectivity index (χ2n) is 12.7. The van der Waals surface area contributed by atoms with Crippen LogP contribution in [0.25, 0.3) is 0 Å². The summed E-state index contributed by atoms with van der Waals surface area (Å²) in [7, 11) is 0. The fourth-order valence-electron chi connectivity index (χ4n) is 5.02. The third kappa shape index (κ3) is 14.4. The van der Waals surface area contributed by atoms with Gasteiger partial charge in [-0.3, -0.25) is 0 Å². The molecule has 0 amide bonds. The zero-order chi connectivity index (χ0) is 33.9. The van der Waals surface area contributed by atoms with Crippen LogP contribution >= 0.6 is 0 Å². The van der Waals surface area contributed by atoms with Gasteiger partial charge in [0, 0.05) is 0 Å². The molecule has 254 valence electrons. The zero-order valence-electron chi connectivity index (χ0n) is 28.6. The van der Waals surface area contributed by atoms with Gasteiger partial charge in [0.25, 0.3) is 0 Å². The second kappa shape index (κ2) is 20.9. The second-order valence-corrected chi connectivity index (χ2v) is 12.7. The molecule has 3 aromatic rings. The topological polar surface area (TPSA) is 88.1 Å². The smallest absolute Gasteiger partial charge is 0.343 e. The van der Waals surface area contributed by atoms with Crippen molar-refractivity contribution < 1.29 is 33.3 Å². The third-order valence-electron chi connectivity index (χ3n) is 7.94. The van der Waals surface area contributed by atoms with Crippen molar-refractivity contribution in [2.75, 3.05) is 13.2 Å². The first-order valence-corrected chi connectivity index (χ1v) is 17.3. The van der Waals surface area contributed by atoms with Gasteiger partial charge in [0.15, 0.2) is 0 Å². The van der Waals surface area contributed by atoms with E-state index >= 15 is 0 Å². The Hall–Kier alpha value is -4.13. The maximum absolute atomic E-state index is 12.7. The lowest BCUT2D eigenvalue weighted by molar-refractivity contribution is 0.0441. The van der Waals surface area contributed by atoms with E-state index in [0.29, 0.717) is 47.7 Å². The van der Waals surface area contributed by atoms with Crippen LogP contribution in [0.2, 0.25) is 0 Å². The number of hydrogen-bond acceptors (Lipinski definition) is 7. The van der Waals surface area contributed by atoms with Crippen LogP contribution < -0.4 is 14.2 Å². The molecular weight excluding hydrogens is 592 g/mol. The molecule has 0 spiro atoms. The quantitative estimate of drug-likeness (QED) is 0.0648. The van der Waals surface area contributed by atoms with Crippen molar-refractivity contribution in [1.82, 2.24) is 0 Å². The van der Waals surface area contributed by atoms with Crippen LogP contribution in [0.1, 0.15) is 129 Å². The van der Waals surface area contributed by atoms with Crippen LogP contribution in [0.15, 0.2) is 72.8 Å². The van der Waals surface area contributed by atoms with Crippen LogP contribution in [0.5, 0.6) is 17.2 Å². The predicted molar refractivity (Wildman–Crippen MR) is 185 cm³/mol. The first-order chi connectivity index (χ1) is 22.7. The molecule has 3 rings (SSSR count). The average molecular weight is 645 g/mol. The highest BCUT2D eigenvalue weighted by molar-refractivity contribution is 5.93. The molecule has 3 aromatic carbocycles. The van der Waals surface area contributed by atoms with Crippen molar-refractivity contribution in [1.29, 1.82) is 0 Å². The summed E-state index contributed by atoms with van der Waals surface area (Å²) in [5.74, 6) is 0.819. The van der Waals surface area contributed by atoms with E-state index in [9.17, 15) is 14.4 Å². The number of ether oxygens (including phenoxy) is 4. The summed E-state index contributed by atoms with van der Waals surface area (Å²) >= 11 is 0. The summed E-state index contributed by atoms with van der Waals surface area (Å²) in [6.07, 6.45) is 13.3. The molecule has 0 fully saturated rings. The highest BCUT2D eigenvalue weighted by atomic mass is 16.5. The third-order valence-corrected chi connectivity index (χ3v) is 7.94. The van der Waals surface area contributed by atoms with Gasteiger partial charge in [-0.2, -0.15) is 0 Å². The maximum atomic E-state index is 12.7. The molecule has 0 aliphatic carbocycles. The molecule has 7 heteroatoms. The Morgan fingerprint density at radius 1 is 0.532 bits per heavy atom. The van der Waals surface area contributed by atoms with Crippen molar-refractivity contribution in [3.63, 3.8) is 0 Å². The highest BCUT2D eigenvalue weighted by Gasteiger charge is 2.14. The van der Waals surface area contributed by atoms with Crippen LogP contribution in [0.3, 0.4) is 0 Å². The Labute approximate surface area is 281 Å². The molecule has 0 heterocycles. The van der Waals surface area contributed by atoms with Crippen LogP contribution in [0, 0.1) is 11.8 Å². The van der Waals surface area contributed by atoms with E-state index in [1.165, 1.54) is 57.1 Å². The largest absolute Gasteiger partial charge is 0.494 e. The first kappa shape index (κ1) is 37.3. The summed E-state index contributed by atoms with van der Waals surface area (Å²) in [6.45, 7) is 9.76. The normalized spacial score (nSPS) is 11.6. The van der Waals surface area contributed by atoms with Crippen molar-refractivity contribution >= 4 is 17.9 Å². The molecule has 0 radical (unpaired) electrons. The van der Waals surface area contributed by atoms with Crippen molar-refractivity contribution in [3.05, 3.63) is 89.5 Å².